The molecular weight excluding hydrogens is 308 g/mol. The summed E-state index contributed by atoms with van der Waals surface area (Å²) < 4.78 is 4.58. The molecule has 2 N–H and O–H groups in total. The summed E-state index contributed by atoms with van der Waals surface area (Å²) in [5, 5.41) is 4.92. The highest BCUT2D eigenvalue weighted by Gasteiger charge is 2.42. The molecule has 3 amide bonds. The molecule has 1 aromatic rings. The summed E-state index contributed by atoms with van der Waals surface area (Å²) in [6, 6.07) is 6.69. The van der Waals surface area contributed by atoms with Crippen LogP contribution < -0.4 is 10.6 Å². The molecule has 7 heteroatoms. The van der Waals surface area contributed by atoms with Crippen molar-refractivity contribution in [2.45, 2.75) is 31.6 Å². The van der Waals surface area contributed by atoms with Gasteiger partial charge in [0.1, 0.15) is 0 Å². The van der Waals surface area contributed by atoms with E-state index in [0.29, 0.717) is 24.9 Å². The first-order valence-corrected chi connectivity index (χ1v) is 7.50. The van der Waals surface area contributed by atoms with Crippen molar-refractivity contribution in [2.75, 3.05) is 11.4 Å². The molecule has 1 atom stereocenters. The molecule has 1 fully saturated rings. The van der Waals surface area contributed by atoms with Gasteiger partial charge in [0.05, 0.1) is 5.41 Å². The third kappa shape index (κ3) is 3.22. The van der Waals surface area contributed by atoms with E-state index in [9.17, 15) is 14.4 Å². The van der Waals surface area contributed by atoms with Crippen LogP contribution in [0.3, 0.4) is 0 Å². The van der Waals surface area contributed by atoms with Crippen molar-refractivity contribution in [3.63, 3.8) is 0 Å². The van der Waals surface area contributed by atoms with E-state index >= 15 is 0 Å². The van der Waals surface area contributed by atoms with Crippen LogP contribution in [0.1, 0.15) is 31.7 Å². The highest BCUT2D eigenvalue weighted by atomic mass is 35.5. The van der Waals surface area contributed by atoms with E-state index in [2.05, 4.69) is 15.4 Å². The molecule has 2 rings (SSSR count). The SMILES string of the molecule is CCC1(c2ccc(NC(=O)OCCl)cc2)CCC(=O)NC1=O. The summed E-state index contributed by atoms with van der Waals surface area (Å²) in [6.07, 6.45) is 0.748. The fourth-order valence-electron chi connectivity index (χ4n) is 2.64. The molecule has 118 valence electrons. The van der Waals surface area contributed by atoms with Crippen molar-refractivity contribution in [3.8, 4) is 0 Å². The molecule has 0 aromatic heterocycles. The molecule has 6 nitrogen and oxygen atoms in total. The summed E-state index contributed by atoms with van der Waals surface area (Å²) in [4.78, 5) is 34.9. The van der Waals surface area contributed by atoms with Gasteiger partial charge in [-0.05, 0) is 30.5 Å². The highest BCUT2D eigenvalue weighted by Crippen LogP contribution is 2.36. The molecule has 0 spiro atoms. The lowest BCUT2D eigenvalue weighted by molar-refractivity contribution is -0.138. The van der Waals surface area contributed by atoms with Crippen molar-refractivity contribution >= 4 is 35.2 Å². The highest BCUT2D eigenvalue weighted by molar-refractivity contribution is 6.17. The van der Waals surface area contributed by atoms with E-state index < -0.39 is 11.5 Å². The van der Waals surface area contributed by atoms with Crippen molar-refractivity contribution in [1.29, 1.82) is 0 Å². The molecule has 1 aliphatic heterocycles. The largest absolute Gasteiger partial charge is 0.433 e. The van der Waals surface area contributed by atoms with Crippen molar-refractivity contribution in [2.24, 2.45) is 0 Å². The van der Waals surface area contributed by atoms with E-state index in [1.807, 2.05) is 6.92 Å². The maximum absolute atomic E-state index is 12.3. The molecule has 0 radical (unpaired) electrons. The second kappa shape index (κ2) is 6.79. The predicted molar refractivity (Wildman–Crippen MR) is 81.6 cm³/mol. The topological polar surface area (TPSA) is 84.5 Å². The Morgan fingerprint density at radius 2 is 2.05 bits per heavy atom. The van der Waals surface area contributed by atoms with Gasteiger partial charge in [-0.1, -0.05) is 30.7 Å². The van der Waals surface area contributed by atoms with Crippen molar-refractivity contribution < 1.29 is 19.1 Å². The van der Waals surface area contributed by atoms with Gasteiger partial charge in [0.15, 0.2) is 6.07 Å². The number of anilines is 1. The Balaban J connectivity index is 2.19. The molecule has 1 aliphatic rings. The van der Waals surface area contributed by atoms with Crippen LogP contribution in [-0.4, -0.2) is 24.0 Å². The first kappa shape index (κ1) is 16.3. The van der Waals surface area contributed by atoms with Gasteiger partial charge in [0, 0.05) is 12.1 Å². The Morgan fingerprint density at radius 1 is 1.36 bits per heavy atom. The minimum atomic E-state index is -0.705. The number of alkyl halides is 1. The maximum atomic E-state index is 12.3. The lowest BCUT2D eigenvalue weighted by Crippen LogP contribution is -2.51. The minimum absolute atomic E-state index is 0.225. The Hall–Kier alpha value is -2.08. The zero-order valence-corrected chi connectivity index (χ0v) is 12.9. The van der Waals surface area contributed by atoms with Crippen LogP contribution in [0.4, 0.5) is 10.5 Å². The van der Waals surface area contributed by atoms with Crippen LogP contribution in [-0.2, 0) is 19.7 Å². The van der Waals surface area contributed by atoms with E-state index in [-0.39, 0.29) is 17.9 Å². The average Bonchev–Trinajstić information content (AvgIpc) is 2.49. The van der Waals surface area contributed by atoms with Gasteiger partial charge < -0.3 is 4.74 Å². The van der Waals surface area contributed by atoms with Gasteiger partial charge >= 0.3 is 6.09 Å². The van der Waals surface area contributed by atoms with Gasteiger partial charge in [0.2, 0.25) is 11.8 Å². The molecule has 22 heavy (non-hydrogen) atoms. The van der Waals surface area contributed by atoms with Crippen LogP contribution in [0, 0.1) is 0 Å². The number of benzene rings is 1. The first-order chi connectivity index (χ1) is 10.5. The summed E-state index contributed by atoms with van der Waals surface area (Å²) >= 11 is 5.30. The standard InChI is InChI=1S/C15H17ClN2O4/c1-2-15(8-7-12(19)18-13(15)20)10-3-5-11(6-4-10)17-14(21)22-9-16/h3-6H,2,7-9H2,1H3,(H,17,21)(H,18,19,20). The molecular formula is C15H17ClN2O4. The Kier molecular flexibility index (Phi) is 5.03. The lowest BCUT2D eigenvalue weighted by Gasteiger charge is -2.35. The average molecular weight is 325 g/mol. The van der Waals surface area contributed by atoms with Gasteiger partial charge in [0.25, 0.3) is 0 Å². The third-order valence-electron chi connectivity index (χ3n) is 3.94. The lowest BCUT2D eigenvalue weighted by atomic mass is 9.72. The predicted octanol–water partition coefficient (Wildman–Crippen LogP) is 2.52. The Bertz CT molecular complexity index is 588. The van der Waals surface area contributed by atoms with Crippen LogP contribution in [0.2, 0.25) is 0 Å². The Morgan fingerprint density at radius 3 is 2.59 bits per heavy atom. The molecule has 0 saturated carbocycles. The number of carbonyl (C=O) groups excluding carboxylic acids is 3. The van der Waals surface area contributed by atoms with Gasteiger partial charge in [-0.2, -0.15) is 0 Å². The zero-order chi connectivity index (χ0) is 16.2. The van der Waals surface area contributed by atoms with E-state index in [1.165, 1.54) is 0 Å². The number of piperidine rings is 1. The molecule has 0 aliphatic carbocycles. The van der Waals surface area contributed by atoms with E-state index in [0.717, 1.165) is 5.56 Å². The van der Waals surface area contributed by atoms with Crippen LogP contribution >= 0.6 is 11.6 Å². The normalized spacial score (nSPS) is 21.2. The smallest absolute Gasteiger partial charge is 0.412 e. The number of ether oxygens (including phenoxy) is 1. The second-order valence-electron chi connectivity index (χ2n) is 5.06. The third-order valence-corrected chi connectivity index (χ3v) is 4.05. The number of halogens is 1. The molecule has 1 heterocycles. The van der Waals surface area contributed by atoms with Gasteiger partial charge in [-0.25, -0.2) is 4.79 Å². The van der Waals surface area contributed by atoms with Gasteiger partial charge in [-0.3, -0.25) is 20.2 Å². The summed E-state index contributed by atoms with van der Waals surface area (Å²) in [7, 11) is 0. The zero-order valence-electron chi connectivity index (χ0n) is 12.1. The minimum Gasteiger partial charge on any atom is -0.433 e. The number of hydrogen-bond donors (Lipinski definition) is 2. The van der Waals surface area contributed by atoms with Crippen molar-refractivity contribution in [3.05, 3.63) is 29.8 Å². The monoisotopic (exact) mass is 324 g/mol. The summed E-state index contributed by atoms with van der Waals surface area (Å²) in [5.74, 6) is -0.510. The quantitative estimate of drug-likeness (QED) is 0.658. The first-order valence-electron chi connectivity index (χ1n) is 6.96. The van der Waals surface area contributed by atoms with E-state index in [4.69, 9.17) is 11.6 Å². The van der Waals surface area contributed by atoms with Gasteiger partial charge in [-0.15, -0.1) is 0 Å². The fourth-order valence-corrected chi connectivity index (χ4v) is 2.74. The number of rotatable bonds is 4. The Labute approximate surface area is 133 Å². The number of carbonyl (C=O) groups is 3. The van der Waals surface area contributed by atoms with Crippen LogP contribution in [0.15, 0.2) is 24.3 Å². The maximum Gasteiger partial charge on any atom is 0.412 e. The second-order valence-corrected chi connectivity index (χ2v) is 5.27. The molecule has 1 saturated heterocycles. The van der Waals surface area contributed by atoms with E-state index in [1.54, 1.807) is 24.3 Å². The fraction of sp³-hybridized carbons (Fsp3) is 0.400. The number of amides is 3. The number of imide groups is 1. The molecule has 0 bridgehead atoms. The molecule has 1 unspecified atom stereocenters. The van der Waals surface area contributed by atoms with Crippen LogP contribution in [0.5, 0.6) is 0 Å². The number of nitrogens with one attached hydrogen (secondary N) is 2. The summed E-state index contributed by atoms with van der Waals surface area (Å²) in [6.45, 7) is 1.92. The summed E-state index contributed by atoms with van der Waals surface area (Å²) in [5.41, 5.74) is 0.650. The molecule has 1 aromatic carbocycles. The number of hydrogen-bond acceptors (Lipinski definition) is 4. The van der Waals surface area contributed by atoms with Crippen molar-refractivity contribution in [1.82, 2.24) is 5.32 Å². The van der Waals surface area contributed by atoms with Crippen LogP contribution in [0.25, 0.3) is 0 Å².